The van der Waals surface area contributed by atoms with E-state index in [0.29, 0.717) is 0 Å². The van der Waals surface area contributed by atoms with Crippen LogP contribution >= 0.6 is 0 Å². The van der Waals surface area contributed by atoms with Crippen molar-refractivity contribution in [2.75, 3.05) is 4.72 Å². The summed E-state index contributed by atoms with van der Waals surface area (Å²) in [5, 5.41) is 8.96. The first-order valence-corrected chi connectivity index (χ1v) is 6.84. The zero-order valence-corrected chi connectivity index (χ0v) is 10.8. The minimum absolute atomic E-state index is 0.163. The van der Waals surface area contributed by atoms with E-state index in [1.165, 1.54) is 12.3 Å². The number of carbonyl (C=O) groups is 1. The highest BCUT2D eigenvalue weighted by atomic mass is 32.2. The molecule has 1 heterocycles. The van der Waals surface area contributed by atoms with Gasteiger partial charge < -0.3 is 5.11 Å². The molecule has 0 saturated heterocycles. The van der Waals surface area contributed by atoms with Crippen molar-refractivity contribution in [1.29, 1.82) is 0 Å². The van der Waals surface area contributed by atoms with E-state index in [-0.39, 0.29) is 16.1 Å². The lowest BCUT2D eigenvalue weighted by molar-refractivity contribution is 0.0698. The van der Waals surface area contributed by atoms with Gasteiger partial charge >= 0.3 is 5.97 Å². The smallest absolute Gasteiger partial charge is 0.337 e. The van der Waals surface area contributed by atoms with Crippen molar-refractivity contribution in [3.05, 3.63) is 54.1 Å². The Morgan fingerprint density at radius 1 is 1.20 bits per heavy atom. The standard InChI is InChI=1S/C12H9FN2O4S/c13-8-1-3-9(4-2-8)20(18,19)15-11-7-14-6-5-10(11)12(16)17/h1-7,15H,(H,16,17). The Morgan fingerprint density at radius 2 is 1.85 bits per heavy atom. The van der Waals surface area contributed by atoms with E-state index in [9.17, 15) is 17.6 Å². The average molecular weight is 296 g/mol. The topological polar surface area (TPSA) is 96.4 Å². The first kappa shape index (κ1) is 13.9. The molecule has 0 radical (unpaired) electrons. The molecule has 0 atom stereocenters. The van der Waals surface area contributed by atoms with Crippen LogP contribution in [0, 0.1) is 5.82 Å². The van der Waals surface area contributed by atoms with Gasteiger partial charge in [0.05, 0.1) is 22.3 Å². The third kappa shape index (κ3) is 2.91. The van der Waals surface area contributed by atoms with Gasteiger partial charge in [-0.05, 0) is 30.3 Å². The van der Waals surface area contributed by atoms with E-state index < -0.39 is 21.8 Å². The molecular formula is C12H9FN2O4S. The second kappa shape index (κ2) is 5.25. The van der Waals surface area contributed by atoms with Crippen molar-refractivity contribution >= 4 is 21.7 Å². The summed E-state index contributed by atoms with van der Waals surface area (Å²) in [7, 11) is -4.01. The van der Waals surface area contributed by atoms with Crippen LogP contribution in [0.15, 0.2) is 47.6 Å². The van der Waals surface area contributed by atoms with Crippen molar-refractivity contribution < 1.29 is 22.7 Å². The lowest BCUT2D eigenvalue weighted by Crippen LogP contribution is -2.15. The van der Waals surface area contributed by atoms with Gasteiger partial charge in [-0.3, -0.25) is 9.71 Å². The predicted molar refractivity (Wildman–Crippen MR) is 68.4 cm³/mol. The number of nitrogens with one attached hydrogen (secondary N) is 1. The summed E-state index contributed by atoms with van der Waals surface area (Å²) in [5.74, 6) is -1.86. The van der Waals surface area contributed by atoms with E-state index in [0.717, 1.165) is 30.5 Å². The van der Waals surface area contributed by atoms with Gasteiger partial charge in [-0.2, -0.15) is 0 Å². The molecule has 0 aliphatic carbocycles. The number of aromatic nitrogens is 1. The SMILES string of the molecule is O=C(O)c1ccncc1NS(=O)(=O)c1ccc(F)cc1. The molecule has 2 rings (SSSR count). The minimum Gasteiger partial charge on any atom is -0.478 e. The number of rotatable bonds is 4. The lowest BCUT2D eigenvalue weighted by Gasteiger charge is -2.09. The molecule has 0 bridgehead atoms. The number of pyridine rings is 1. The molecule has 0 aliphatic heterocycles. The number of nitrogens with zero attached hydrogens (tertiary/aromatic N) is 1. The van der Waals surface area contributed by atoms with Crippen LogP contribution in [0.25, 0.3) is 0 Å². The Labute approximate surface area is 114 Å². The Morgan fingerprint density at radius 3 is 2.45 bits per heavy atom. The monoisotopic (exact) mass is 296 g/mol. The van der Waals surface area contributed by atoms with Crippen LogP contribution < -0.4 is 4.72 Å². The molecule has 1 aromatic carbocycles. The number of carboxylic acids is 1. The average Bonchev–Trinajstić information content (AvgIpc) is 2.39. The lowest BCUT2D eigenvalue weighted by atomic mass is 10.2. The molecule has 0 saturated carbocycles. The number of carboxylic acid groups (broad SMARTS) is 1. The number of sulfonamides is 1. The zero-order valence-electron chi connectivity index (χ0n) is 9.95. The van der Waals surface area contributed by atoms with Gasteiger partial charge in [-0.15, -0.1) is 0 Å². The summed E-state index contributed by atoms with van der Waals surface area (Å²) in [4.78, 5) is 14.5. The molecule has 0 amide bonds. The Hall–Kier alpha value is -2.48. The Balaban J connectivity index is 2.38. The number of halogens is 1. The van der Waals surface area contributed by atoms with Crippen molar-refractivity contribution in [3.63, 3.8) is 0 Å². The van der Waals surface area contributed by atoms with Gasteiger partial charge in [0.25, 0.3) is 10.0 Å². The van der Waals surface area contributed by atoms with Gasteiger partial charge in [0, 0.05) is 6.20 Å². The van der Waals surface area contributed by atoms with E-state index in [4.69, 9.17) is 5.11 Å². The molecule has 0 fully saturated rings. The number of hydrogen-bond donors (Lipinski definition) is 2. The van der Waals surface area contributed by atoms with E-state index in [1.807, 2.05) is 0 Å². The summed E-state index contributed by atoms with van der Waals surface area (Å²) < 4.78 is 38.9. The van der Waals surface area contributed by atoms with Crippen molar-refractivity contribution in [1.82, 2.24) is 4.98 Å². The molecule has 0 unspecified atom stereocenters. The molecule has 20 heavy (non-hydrogen) atoms. The van der Waals surface area contributed by atoms with Gasteiger partial charge in [0.2, 0.25) is 0 Å². The van der Waals surface area contributed by atoms with Crippen molar-refractivity contribution in [2.24, 2.45) is 0 Å². The third-order valence-corrected chi connectivity index (χ3v) is 3.80. The van der Waals surface area contributed by atoms with Crippen LogP contribution in [0.1, 0.15) is 10.4 Å². The maximum atomic E-state index is 12.8. The molecule has 104 valence electrons. The third-order valence-electron chi connectivity index (χ3n) is 2.42. The first-order valence-electron chi connectivity index (χ1n) is 5.36. The highest BCUT2D eigenvalue weighted by Gasteiger charge is 2.18. The van der Waals surface area contributed by atoms with Gasteiger partial charge in [0.1, 0.15) is 5.82 Å². The van der Waals surface area contributed by atoms with Gasteiger partial charge in [-0.25, -0.2) is 17.6 Å². The minimum atomic E-state index is -4.01. The van der Waals surface area contributed by atoms with Crippen LogP contribution in [0.5, 0.6) is 0 Å². The van der Waals surface area contributed by atoms with Crippen molar-refractivity contribution in [3.8, 4) is 0 Å². The van der Waals surface area contributed by atoms with E-state index in [1.54, 1.807) is 0 Å². The maximum Gasteiger partial charge on any atom is 0.337 e. The Kier molecular flexibility index (Phi) is 3.66. The predicted octanol–water partition coefficient (Wildman–Crippen LogP) is 1.72. The van der Waals surface area contributed by atoms with Gasteiger partial charge in [-0.1, -0.05) is 0 Å². The zero-order chi connectivity index (χ0) is 14.8. The number of anilines is 1. The molecule has 8 heteroatoms. The summed E-state index contributed by atoms with van der Waals surface area (Å²) in [6.07, 6.45) is 2.32. The van der Waals surface area contributed by atoms with E-state index in [2.05, 4.69) is 9.71 Å². The molecule has 2 aromatic rings. The summed E-state index contributed by atoms with van der Waals surface area (Å²) in [5.41, 5.74) is -0.394. The first-order chi connectivity index (χ1) is 9.40. The summed E-state index contributed by atoms with van der Waals surface area (Å²) >= 11 is 0. The Bertz CT molecular complexity index is 744. The van der Waals surface area contributed by atoms with Crippen LogP contribution in [0.4, 0.5) is 10.1 Å². The maximum absolute atomic E-state index is 12.8. The van der Waals surface area contributed by atoms with Crippen LogP contribution in [0.3, 0.4) is 0 Å². The molecular weight excluding hydrogens is 287 g/mol. The molecule has 1 aromatic heterocycles. The summed E-state index contributed by atoms with van der Waals surface area (Å²) in [6, 6.07) is 5.32. The molecule has 6 nitrogen and oxygen atoms in total. The highest BCUT2D eigenvalue weighted by Crippen LogP contribution is 2.19. The number of aromatic carboxylic acids is 1. The van der Waals surface area contributed by atoms with Crippen molar-refractivity contribution in [2.45, 2.75) is 4.90 Å². The quantitative estimate of drug-likeness (QED) is 0.895. The fourth-order valence-electron chi connectivity index (χ4n) is 1.48. The van der Waals surface area contributed by atoms with Crippen LogP contribution in [-0.2, 0) is 10.0 Å². The molecule has 0 aliphatic rings. The fraction of sp³-hybridized carbons (Fsp3) is 0. The summed E-state index contributed by atoms with van der Waals surface area (Å²) in [6.45, 7) is 0. The van der Waals surface area contributed by atoms with E-state index >= 15 is 0 Å². The van der Waals surface area contributed by atoms with Crippen LogP contribution in [-0.4, -0.2) is 24.5 Å². The van der Waals surface area contributed by atoms with Crippen LogP contribution in [0.2, 0.25) is 0 Å². The fourth-order valence-corrected chi connectivity index (χ4v) is 2.54. The molecule has 0 spiro atoms. The molecule has 2 N–H and O–H groups in total. The second-order valence-electron chi connectivity index (χ2n) is 3.79. The van der Waals surface area contributed by atoms with Gasteiger partial charge in [0.15, 0.2) is 0 Å². The number of hydrogen-bond acceptors (Lipinski definition) is 4. The second-order valence-corrected chi connectivity index (χ2v) is 5.47. The largest absolute Gasteiger partial charge is 0.478 e. The number of benzene rings is 1. The normalized spacial score (nSPS) is 11.1. The highest BCUT2D eigenvalue weighted by molar-refractivity contribution is 7.92.